The van der Waals surface area contributed by atoms with E-state index in [4.69, 9.17) is 5.73 Å². The molecular formula is C24H18N4O12S4. The lowest BCUT2D eigenvalue weighted by molar-refractivity contribution is 0.480. The van der Waals surface area contributed by atoms with Gasteiger partial charge in [0.05, 0.1) is 10.6 Å². The van der Waals surface area contributed by atoms with E-state index in [1.165, 1.54) is 24.3 Å². The smallest absolute Gasteiger partial charge is 0.295 e. The molecule has 0 radical (unpaired) electrons. The van der Waals surface area contributed by atoms with Gasteiger partial charge in [-0.15, -0.1) is 10.2 Å². The van der Waals surface area contributed by atoms with Crippen LogP contribution in [0.25, 0.3) is 39.6 Å². The highest BCUT2D eigenvalue weighted by Crippen LogP contribution is 2.32. The van der Waals surface area contributed by atoms with Gasteiger partial charge in [-0.1, -0.05) is 30.4 Å². The number of nitrogens with two attached hydrogens (primary N) is 1. The maximum atomic E-state index is 12.3. The van der Waals surface area contributed by atoms with Gasteiger partial charge in [0, 0.05) is 16.5 Å². The van der Waals surface area contributed by atoms with Crippen LogP contribution < -0.4 is 5.73 Å². The molecule has 0 amide bonds. The highest BCUT2D eigenvalue weighted by molar-refractivity contribution is 7.86. The van der Waals surface area contributed by atoms with Crippen molar-refractivity contribution in [1.29, 1.82) is 0 Å². The van der Waals surface area contributed by atoms with Crippen molar-refractivity contribution in [3.63, 3.8) is 0 Å². The number of anilines is 1. The summed E-state index contributed by atoms with van der Waals surface area (Å²) in [6.45, 7) is 0. The van der Waals surface area contributed by atoms with Gasteiger partial charge in [-0.25, -0.2) is 0 Å². The summed E-state index contributed by atoms with van der Waals surface area (Å²) >= 11 is 0. The predicted octanol–water partition coefficient (Wildman–Crippen LogP) is 2.31. The molecule has 0 saturated heterocycles. The van der Waals surface area contributed by atoms with Crippen LogP contribution in [0, 0.1) is 0 Å². The first kappa shape index (κ1) is 31.2. The number of nitrogen functional groups attached to an aromatic ring is 1. The molecule has 44 heavy (non-hydrogen) atoms. The molecule has 0 aliphatic carbocycles. The Kier molecular flexibility index (Phi) is 7.38. The fourth-order valence-corrected chi connectivity index (χ4v) is 6.97. The van der Waals surface area contributed by atoms with Crippen molar-refractivity contribution < 1.29 is 51.9 Å². The Balaban J connectivity index is 1.68. The van der Waals surface area contributed by atoms with E-state index in [2.05, 4.69) is 10.2 Å². The van der Waals surface area contributed by atoms with Crippen LogP contribution in [0.4, 0.5) is 5.69 Å². The fourth-order valence-electron chi connectivity index (χ4n) is 4.33. The van der Waals surface area contributed by atoms with Crippen LogP contribution in [0.5, 0.6) is 0 Å². The number of hydrogen-bond acceptors (Lipinski definition) is 11. The summed E-state index contributed by atoms with van der Waals surface area (Å²) in [5, 5.41) is 8.06. The third kappa shape index (κ3) is 6.05. The Morgan fingerprint density at radius 2 is 1.16 bits per heavy atom. The van der Waals surface area contributed by atoms with Gasteiger partial charge in [0.15, 0.2) is 0 Å². The van der Waals surface area contributed by atoms with Crippen molar-refractivity contribution in [3.8, 4) is 5.69 Å². The van der Waals surface area contributed by atoms with Crippen LogP contribution >= 0.6 is 0 Å². The maximum Gasteiger partial charge on any atom is 0.295 e. The van der Waals surface area contributed by atoms with Crippen LogP contribution in [0.1, 0.15) is 11.1 Å². The van der Waals surface area contributed by atoms with Gasteiger partial charge < -0.3 is 5.73 Å². The molecule has 4 aromatic carbocycles. The van der Waals surface area contributed by atoms with E-state index in [9.17, 15) is 51.9 Å². The molecule has 0 atom stereocenters. The molecule has 5 rings (SSSR count). The molecule has 1 heterocycles. The number of nitrogens with zero attached hydrogens (tertiary/aromatic N) is 3. The Hall–Kier alpha value is -4.28. The molecule has 0 spiro atoms. The molecule has 0 unspecified atom stereocenters. The highest BCUT2D eigenvalue weighted by atomic mass is 32.2. The van der Waals surface area contributed by atoms with Crippen LogP contribution in [0.3, 0.4) is 0 Å². The molecule has 0 aliphatic rings. The summed E-state index contributed by atoms with van der Waals surface area (Å²) in [7, 11) is -19.3. The molecule has 0 aliphatic heterocycles. The van der Waals surface area contributed by atoms with E-state index < -0.39 is 60.1 Å². The van der Waals surface area contributed by atoms with Crippen LogP contribution in [-0.4, -0.2) is 66.9 Å². The van der Waals surface area contributed by atoms with E-state index in [0.717, 1.165) is 53.3 Å². The van der Waals surface area contributed by atoms with E-state index in [1.54, 1.807) is 0 Å². The van der Waals surface area contributed by atoms with Crippen molar-refractivity contribution in [3.05, 3.63) is 71.8 Å². The lowest BCUT2D eigenvalue weighted by atomic mass is 10.1. The summed E-state index contributed by atoms with van der Waals surface area (Å²) in [6.07, 6.45) is 2.31. The summed E-state index contributed by atoms with van der Waals surface area (Å²) in [4.78, 5) is -1.74. The van der Waals surface area contributed by atoms with Gasteiger partial charge in [-0.2, -0.15) is 38.5 Å². The zero-order chi connectivity index (χ0) is 32.4. The van der Waals surface area contributed by atoms with Gasteiger partial charge in [0.25, 0.3) is 40.5 Å². The minimum atomic E-state index is -4.95. The summed E-state index contributed by atoms with van der Waals surface area (Å²) < 4.78 is 134. The van der Waals surface area contributed by atoms with Crippen molar-refractivity contribution in [2.75, 3.05) is 5.73 Å². The first-order valence-corrected chi connectivity index (χ1v) is 17.5. The zero-order valence-electron chi connectivity index (χ0n) is 21.5. The summed E-state index contributed by atoms with van der Waals surface area (Å²) in [5.74, 6) is 0. The van der Waals surface area contributed by atoms with E-state index in [1.807, 2.05) is 0 Å². The van der Waals surface area contributed by atoms with Gasteiger partial charge in [0.2, 0.25) is 0 Å². The van der Waals surface area contributed by atoms with Crippen molar-refractivity contribution in [2.45, 2.75) is 19.6 Å². The second kappa shape index (κ2) is 10.4. The Bertz CT molecular complexity index is 2510. The largest absolute Gasteiger partial charge is 0.399 e. The standard InChI is InChI=1S/C24H18N4O12S4/c25-15-5-3-13(21(9-15)42(32,33)34)1-2-14-4-6-16(10-22(14)43(35,36)37)28-26-20-12-23(44(38,39)40)19-11-17(41(29,30)31)7-8-18(19)24(20)27-28/h1-12H,25H2,(H,29,30,31)(H,32,33,34)(H,35,36,37)(H,38,39,40). The molecule has 1 aromatic heterocycles. The average molecular weight is 683 g/mol. The topological polar surface area (TPSA) is 274 Å². The SMILES string of the molecule is Nc1ccc(C=Cc2ccc(-n3nc4cc(S(=O)(=O)O)c5cc(S(=O)(=O)O)ccc5c4n3)cc2S(=O)(=O)O)c(S(=O)(=O)O)c1. The second-order valence-electron chi connectivity index (χ2n) is 9.19. The lowest BCUT2D eigenvalue weighted by Crippen LogP contribution is -2.05. The summed E-state index contributed by atoms with van der Waals surface area (Å²) in [5.41, 5.74) is 5.27. The van der Waals surface area contributed by atoms with Gasteiger partial charge >= 0.3 is 0 Å². The monoisotopic (exact) mass is 682 g/mol. The number of aromatic nitrogens is 3. The molecule has 230 valence electrons. The first-order chi connectivity index (χ1) is 20.2. The minimum absolute atomic E-state index is 0.00136. The van der Waals surface area contributed by atoms with Crippen molar-refractivity contribution >= 4 is 80.1 Å². The molecule has 0 bridgehead atoms. The Labute approximate surface area is 249 Å². The summed E-state index contributed by atoms with van der Waals surface area (Å²) in [6, 6.07) is 10.9. The first-order valence-electron chi connectivity index (χ1n) is 11.7. The minimum Gasteiger partial charge on any atom is -0.399 e. The van der Waals surface area contributed by atoms with Crippen molar-refractivity contribution in [1.82, 2.24) is 15.0 Å². The van der Waals surface area contributed by atoms with Crippen LogP contribution in [0.2, 0.25) is 0 Å². The fraction of sp³-hybridized carbons (Fsp3) is 0. The Morgan fingerprint density at radius 1 is 0.591 bits per heavy atom. The molecule has 0 saturated carbocycles. The molecule has 5 aromatic rings. The molecule has 16 nitrogen and oxygen atoms in total. The van der Waals surface area contributed by atoms with Crippen molar-refractivity contribution in [2.24, 2.45) is 0 Å². The number of rotatable bonds is 7. The molecule has 6 N–H and O–H groups in total. The third-order valence-electron chi connectivity index (χ3n) is 6.26. The van der Waals surface area contributed by atoms with Gasteiger partial charge in [-0.05, 0) is 53.6 Å². The highest BCUT2D eigenvalue weighted by Gasteiger charge is 2.23. The van der Waals surface area contributed by atoms with Crippen LogP contribution in [-0.2, 0) is 40.5 Å². The van der Waals surface area contributed by atoms with E-state index in [-0.39, 0.29) is 44.3 Å². The molecule has 0 fully saturated rings. The average Bonchev–Trinajstić information content (AvgIpc) is 3.34. The quantitative estimate of drug-likeness (QED) is 0.0936. The lowest BCUT2D eigenvalue weighted by Gasteiger charge is -2.07. The number of benzene rings is 4. The number of hydrogen-bond donors (Lipinski definition) is 5. The van der Waals surface area contributed by atoms with Gasteiger partial charge in [0.1, 0.15) is 25.7 Å². The van der Waals surface area contributed by atoms with E-state index in [0.29, 0.717) is 0 Å². The third-order valence-corrected chi connectivity index (χ3v) is 9.82. The zero-order valence-corrected chi connectivity index (χ0v) is 24.8. The van der Waals surface area contributed by atoms with Gasteiger partial charge in [-0.3, -0.25) is 18.2 Å². The van der Waals surface area contributed by atoms with Crippen LogP contribution in [0.15, 0.2) is 80.2 Å². The Morgan fingerprint density at radius 3 is 1.73 bits per heavy atom. The van der Waals surface area contributed by atoms with E-state index >= 15 is 0 Å². The second-order valence-corrected chi connectivity index (χ2v) is 14.8. The molecule has 20 heteroatoms. The maximum absolute atomic E-state index is 12.3. The molecular weight excluding hydrogens is 665 g/mol. The normalized spacial score (nSPS) is 13.3. The number of fused-ring (bicyclic) bond motifs is 3. The predicted molar refractivity (Wildman–Crippen MR) is 155 cm³/mol.